The van der Waals surface area contributed by atoms with Crippen LogP contribution in [0.4, 0.5) is 0 Å². The van der Waals surface area contributed by atoms with Gasteiger partial charge in [0, 0.05) is 0 Å². The lowest BCUT2D eigenvalue weighted by Crippen LogP contribution is -2.11. The highest BCUT2D eigenvalue weighted by molar-refractivity contribution is 7.42. The Balaban J connectivity index is 1.95. The summed E-state index contributed by atoms with van der Waals surface area (Å²) in [7, 11) is -1.48. The number of benzene rings is 2. The summed E-state index contributed by atoms with van der Waals surface area (Å²) >= 11 is 0. The average molecular weight is 388 g/mol. The van der Waals surface area contributed by atoms with Crippen LogP contribution in [-0.2, 0) is 4.52 Å². The number of unbranched alkanes of at least 4 members (excludes halogenated alkanes) is 3. The SMILES string of the molecule is CCCCCC(CCCC)COP(Oc1ccccc1)Oc1ccccc1. The van der Waals surface area contributed by atoms with E-state index in [0.717, 1.165) is 11.5 Å². The Bertz CT molecular complexity index is 550. The van der Waals surface area contributed by atoms with Gasteiger partial charge in [0.05, 0.1) is 6.61 Å². The molecule has 0 aliphatic rings. The summed E-state index contributed by atoms with van der Waals surface area (Å²) in [6.45, 7) is 5.18. The van der Waals surface area contributed by atoms with Crippen LogP contribution in [0.3, 0.4) is 0 Å². The first-order chi connectivity index (χ1) is 13.3. The minimum Gasteiger partial charge on any atom is -0.418 e. The first kappa shape index (κ1) is 21.7. The molecule has 0 heterocycles. The van der Waals surface area contributed by atoms with Gasteiger partial charge in [0.2, 0.25) is 0 Å². The summed E-state index contributed by atoms with van der Waals surface area (Å²) in [5, 5.41) is 0. The van der Waals surface area contributed by atoms with Crippen molar-refractivity contribution in [3.63, 3.8) is 0 Å². The lowest BCUT2D eigenvalue weighted by molar-refractivity contribution is 0.202. The third-order valence-corrected chi connectivity index (χ3v) is 5.52. The van der Waals surface area contributed by atoms with Crippen LogP contribution >= 0.6 is 8.60 Å². The summed E-state index contributed by atoms with van der Waals surface area (Å²) in [6, 6.07) is 19.5. The third kappa shape index (κ3) is 9.26. The highest BCUT2D eigenvalue weighted by Gasteiger charge is 2.20. The fourth-order valence-corrected chi connectivity index (χ4v) is 3.92. The van der Waals surface area contributed by atoms with Gasteiger partial charge in [0.25, 0.3) is 0 Å². The molecule has 148 valence electrons. The lowest BCUT2D eigenvalue weighted by atomic mass is 9.96. The minimum absolute atomic E-state index is 0.570. The zero-order valence-electron chi connectivity index (χ0n) is 16.7. The molecule has 3 nitrogen and oxygen atoms in total. The fraction of sp³-hybridized carbons (Fsp3) is 0.478. The van der Waals surface area contributed by atoms with Crippen molar-refractivity contribution in [2.45, 2.75) is 58.8 Å². The largest absolute Gasteiger partial charge is 0.463 e. The van der Waals surface area contributed by atoms with Crippen molar-refractivity contribution in [3.8, 4) is 11.5 Å². The molecule has 0 amide bonds. The first-order valence-electron chi connectivity index (χ1n) is 10.2. The van der Waals surface area contributed by atoms with Crippen LogP contribution in [0.15, 0.2) is 60.7 Å². The van der Waals surface area contributed by atoms with Crippen molar-refractivity contribution in [1.82, 2.24) is 0 Å². The Hall–Kier alpha value is -1.57. The number of hydrogen-bond acceptors (Lipinski definition) is 3. The van der Waals surface area contributed by atoms with Gasteiger partial charge in [-0.05, 0) is 43.0 Å². The molecule has 0 N–H and O–H groups in total. The second-order valence-corrected chi connectivity index (χ2v) is 7.90. The normalized spacial score (nSPS) is 12.1. The van der Waals surface area contributed by atoms with E-state index in [2.05, 4.69) is 13.8 Å². The van der Waals surface area contributed by atoms with E-state index in [1.165, 1.54) is 44.9 Å². The molecule has 0 aliphatic heterocycles. The predicted octanol–water partition coefficient (Wildman–Crippen LogP) is 7.77. The highest BCUT2D eigenvalue weighted by Crippen LogP contribution is 2.42. The van der Waals surface area contributed by atoms with Crippen molar-refractivity contribution >= 4 is 8.60 Å². The predicted molar refractivity (Wildman–Crippen MR) is 114 cm³/mol. The maximum Gasteiger partial charge on any atom is 0.463 e. The Morgan fingerprint density at radius 1 is 0.704 bits per heavy atom. The van der Waals surface area contributed by atoms with E-state index in [1.807, 2.05) is 60.7 Å². The van der Waals surface area contributed by atoms with Crippen LogP contribution < -0.4 is 9.05 Å². The van der Waals surface area contributed by atoms with Gasteiger partial charge in [-0.2, -0.15) is 0 Å². The molecule has 0 aliphatic carbocycles. The molecular weight excluding hydrogens is 355 g/mol. The van der Waals surface area contributed by atoms with Crippen LogP contribution in [0.25, 0.3) is 0 Å². The molecule has 0 spiro atoms. The van der Waals surface area contributed by atoms with Crippen molar-refractivity contribution in [2.24, 2.45) is 5.92 Å². The molecule has 27 heavy (non-hydrogen) atoms. The van der Waals surface area contributed by atoms with Crippen LogP contribution in [0.1, 0.15) is 58.8 Å². The Kier molecular flexibility index (Phi) is 10.9. The molecule has 0 fully saturated rings. The van der Waals surface area contributed by atoms with E-state index in [-0.39, 0.29) is 0 Å². The van der Waals surface area contributed by atoms with Crippen molar-refractivity contribution < 1.29 is 13.6 Å². The quantitative estimate of drug-likeness (QED) is 0.244. The summed E-state index contributed by atoms with van der Waals surface area (Å²) in [6.07, 6.45) is 8.71. The molecule has 0 bridgehead atoms. The van der Waals surface area contributed by atoms with E-state index < -0.39 is 8.60 Å². The number of para-hydroxylation sites is 2. The molecule has 2 rings (SSSR count). The van der Waals surface area contributed by atoms with Gasteiger partial charge >= 0.3 is 8.60 Å². The lowest BCUT2D eigenvalue weighted by Gasteiger charge is -2.21. The Morgan fingerprint density at radius 3 is 1.74 bits per heavy atom. The molecule has 0 saturated heterocycles. The zero-order valence-corrected chi connectivity index (χ0v) is 17.6. The van der Waals surface area contributed by atoms with Gasteiger partial charge in [-0.1, -0.05) is 82.3 Å². The topological polar surface area (TPSA) is 27.7 Å². The monoisotopic (exact) mass is 388 g/mol. The standard InChI is InChI=1S/C23H33O3P/c1-3-5-9-15-21(14-6-4-2)20-24-27(25-22-16-10-7-11-17-22)26-23-18-12-8-13-19-23/h7-8,10-13,16-19,21H,3-6,9,14-15,20H2,1-2H3. The van der Waals surface area contributed by atoms with Gasteiger partial charge in [-0.25, -0.2) is 0 Å². The first-order valence-corrected chi connectivity index (χ1v) is 11.3. The second-order valence-electron chi connectivity index (χ2n) is 6.83. The Morgan fingerprint density at radius 2 is 1.22 bits per heavy atom. The number of rotatable bonds is 14. The fourth-order valence-electron chi connectivity index (χ4n) is 2.86. The van der Waals surface area contributed by atoms with Crippen LogP contribution in [0.5, 0.6) is 11.5 Å². The number of hydrogen-bond donors (Lipinski definition) is 0. The van der Waals surface area contributed by atoms with E-state index >= 15 is 0 Å². The van der Waals surface area contributed by atoms with Gasteiger partial charge in [-0.3, -0.25) is 4.52 Å². The smallest absolute Gasteiger partial charge is 0.418 e. The highest BCUT2D eigenvalue weighted by atomic mass is 31.2. The van der Waals surface area contributed by atoms with Gasteiger partial charge in [0.15, 0.2) is 0 Å². The van der Waals surface area contributed by atoms with E-state index in [1.54, 1.807) is 0 Å². The van der Waals surface area contributed by atoms with Crippen LogP contribution in [-0.4, -0.2) is 6.61 Å². The average Bonchev–Trinajstić information content (AvgIpc) is 2.71. The van der Waals surface area contributed by atoms with E-state index in [0.29, 0.717) is 12.5 Å². The summed E-state index contributed by atoms with van der Waals surface area (Å²) in [5.74, 6) is 2.12. The summed E-state index contributed by atoms with van der Waals surface area (Å²) in [4.78, 5) is 0. The maximum atomic E-state index is 6.16. The van der Waals surface area contributed by atoms with E-state index in [4.69, 9.17) is 13.6 Å². The Labute approximate surface area is 166 Å². The zero-order chi connectivity index (χ0) is 19.2. The van der Waals surface area contributed by atoms with E-state index in [9.17, 15) is 0 Å². The van der Waals surface area contributed by atoms with Gasteiger partial charge in [0.1, 0.15) is 11.5 Å². The minimum atomic E-state index is -1.48. The molecule has 0 radical (unpaired) electrons. The van der Waals surface area contributed by atoms with Crippen molar-refractivity contribution in [1.29, 1.82) is 0 Å². The van der Waals surface area contributed by atoms with Crippen molar-refractivity contribution in [3.05, 3.63) is 60.7 Å². The van der Waals surface area contributed by atoms with Gasteiger partial charge < -0.3 is 9.05 Å². The van der Waals surface area contributed by atoms with Gasteiger partial charge in [-0.15, -0.1) is 0 Å². The molecule has 0 aromatic heterocycles. The summed E-state index contributed by atoms with van der Waals surface area (Å²) in [5.41, 5.74) is 0. The molecular formula is C23H33O3P. The molecule has 1 atom stereocenters. The summed E-state index contributed by atoms with van der Waals surface area (Å²) < 4.78 is 18.2. The molecule has 2 aromatic carbocycles. The molecule has 0 saturated carbocycles. The maximum absolute atomic E-state index is 6.16. The van der Waals surface area contributed by atoms with Crippen molar-refractivity contribution in [2.75, 3.05) is 6.61 Å². The molecule has 4 heteroatoms. The third-order valence-electron chi connectivity index (χ3n) is 4.44. The second kappa shape index (κ2) is 13.6. The molecule has 2 aromatic rings. The van der Waals surface area contributed by atoms with Crippen LogP contribution in [0.2, 0.25) is 0 Å². The van der Waals surface area contributed by atoms with Crippen LogP contribution in [0, 0.1) is 5.92 Å². The molecule has 1 unspecified atom stereocenters.